The van der Waals surface area contributed by atoms with Crippen LogP contribution in [0, 0.1) is 5.92 Å². The molecule has 1 aliphatic rings. The van der Waals surface area contributed by atoms with Gasteiger partial charge >= 0.3 is 0 Å². The van der Waals surface area contributed by atoms with Gasteiger partial charge in [-0.2, -0.15) is 0 Å². The topological polar surface area (TPSA) is 58.6 Å². The average Bonchev–Trinajstić information content (AvgIpc) is 2.71. The highest BCUT2D eigenvalue weighted by Gasteiger charge is 2.27. The molecule has 150 valence electrons. The first kappa shape index (κ1) is 21.3. The number of rotatable bonds is 11. The minimum Gasteiger partial charge on any atom is -0.494 e. The molecule has 1 aliphatic heterocycles. The molecule has 1 atom stereocenters. The Labute approximate surface area is 163 Å². The fourth-order valence-electron chi connectivity index (χ4n) is 3.41. The zero-order chi connectivity index (χ0) is 19.3. The number of nitrogens with zero attached hydrogens (tertiary/aromatic N) is 1. The van der Waals surface area contributed by atoms with Crippen molar-refractivity contribution in [3.63, 3.8) is 0 Å². The third kappa shape index (κ3) is 8.02. The predicted octanol–water partition coefficient (Wildman–Crippen LogP) is 3.78. The van der Waals surface area contributed by atoms with E-state index in [1.54, 1.807) is 0 Å². The van der Waals surface area contributed by atoms with Crippen LogP contribution in [0.1, 0.15) is 58.3 Å². The molecule has 1 aromatic carbocycles. The summed E-state index contributed by atoms with van der Waals surface area (Å²) in [5.41, 5.74) is 0. The lowest BCUT2D eigenvalue weighted by Crippen LogP contribution is -2.45. The van der Waals surface area contributed by atoms with Crippen LogP contribution < -0.4 is 10.1 Å². The third-order valence-electron chi connectivity index (χ3n) is 5.02. The highest BCUT2D eigenvalue weighted by molar-refractivity contribution is 5.81. The van der Waals surface area contributed by atoms with Gasteiger partial charge in [0.15, 0.2) is 0 Å². The average molecular weight is 375 g/mol. The number of carbonyl (C=O) groups excluding carboxylic acids is 2. The maximum absolute atomic E-state index is 12.4. The van der Waals surface area contributed by atoms with Crippen LogP contribution in [-0.2, 0) is 9.59 Å². The standard InChI is InChI=1S/C22H34N2O3/c1-2-3-4-8-15-23-22(26)19-11-9-16-24(18-19)21(25)14-10-17-27-20-12-6-5-7-13-20/h5-7,12-13,19H,2-4,8-11,14-18H2,1H3,(H,23,26). The molecule has 1 N–H and O–H groups in total. The van der Waals surface area contributed by atoms with Gasteiger partial charge in [0.25, 0.3) is 0 Å². The van der Waals surface area contributed by atoms with Crippen molar-refractivity contribution < 1.29 is 14.3 Å². The summed E-state index contributed by atoms with van der Waals surface area (Å²) in [4.78, 5) is 26.7. The number of piperidine rings is 1. The van der Waals surface area contributed by atoms with Crippen molar-refractivity contribution in [2.75, 3.05) is 26.2 Å². The number of carbonyl (C=O) groups is 2. The number of para-hydroxylation sites is 1. The summed E-state index contributed by atoms with van der Waals surface area (Å²) in [6.07, 6.45) is 7.56. The Balaban J connectivity index is 1.63. The molecule has 2 rings (SSSR count). The number of hydrogen-bond donors (Lipinski definition) is 1. The van der Waals surface area contributed by atoms with Crippen LogP contribution in [0.5, 0.6) is 5.75 Å². The molecule has 0 saturated carbocycles. The minimum atomic E-state index is -0.0607. The molecule has 1 saturated heterocycles. The quantitative estimate of drug-likeness (QED) is 0.600. The smallest absolute Gasteiger partial charge is 0.224 e. The van der Waals surface area contributed by atoms with E-state index in [1.807, 2.05) is 35.2 Å². The van der Waals surface area contributed by atoms with Gasteiger partial charge in [0, 0.05) is 26.1 Å². The molecule has 5 heteroatoms. The summed E-state index contributed by atoms with van der Waals surface area (Å²) >= 11 is 0. The van der Waals surface area contributed by atoms with E-state index in [-0.39, 0.29) is 17.7 Å². The second kappa shape index (κ2) is 12.4. The lowest BCUT2D eigenvalue weighted by atomic mass is 9.96. The first-order chi connectivity index (χ1) is 13.2. The van der Waals surface area contributed by atoms with Crippen LogP contribution in [0.15, 0.2) is 30.3 Å². The molecule has 0 aliphatic carbocycles. The van der Waals surface area contributed by atoms with E-state index in [4.69, 9.17) is 4.74 Å². The van der Waals surface area contributed by atoms with Gasteiger partial charge in [0.2, 0.25) is 11.8 Å². The maximum atomic E-state index is 12.4. The van der Waals surface area contributed by atoms with Gasteiger partial charge in [-0.05, 0) is 37.8 Å². The Hall–Kier alpha value is -2.04. The van der Waals surface area contributed by atoms with Crippen molar-refractivity contribution >= 4 is 11.8 Å². The van der Waals surface area contributed by atoms with Crippen LogP contribution in [0.25, 0.3) is 0 Å². The molecule has 0 bridgehead atoms. The highest BCUT2D eigenvalue weighted by atomic mass is 16.5. The SMILES string of the molecule is CCCCCCNC(=O)C1CCCN(C(=O)CCCOc2ccccc2)C1. The highest BCUT2D eigenvalue weighted by Crippen LogP contribution is 2.18. The van der Waals surface area contributed by atoms with Crippen molar-refractivity contribution in [2.24, 2.45) is 5.92 Å². The van der Waals surface area contributed by atoms with Crippen molar-refractivity contribution in [1.82, 2.24) is 10.2 Å². The summed E-state index contributed by atoms with van der Waals surface area (Å²) < 4.78 is 5.64. The number of hydrogen-bond acceptors (Lipinski definition) is 3. The second-order valence-corrected chi connectivity index (χ2v) is 7.30. The Kier molecular flexibility index (Phi) is 9.74. The third-order valence-corrected chi connectivity index (χ3v) is 5.02. The van der Waals surface area contributed by atoms with Gasteiger partial charge in [-0.15, -0.1) is 0 Å². The molecule has 1 fully saturated rings. The molecule has 0 radical (unpaired) electrons. The number of nitrogens with one attached hydrogen (secondary N) is 1. The zero-order valence-corrected chi connectivity index (χ0v) is 16.6. The van der Waals surface area contributed by atoms with Crippen LogP contribution >= 0.6 is 0 Å². The molecular formula is C22H34N2O3. The Morgan fingerprint density at radius 2 is 1.96 bits per heavy atom. The molecule has 27 heavy (non-hydrogen) atoms. The van der Waals surface area contributed by atoms with Crippen molar-refractivity contribution in [2.45, 2.75) is 58.3 Å². The Morgan fingerprint density at radius 3 is 2.74 bits per heavy atom. The van der Waals surface area contributed by atoms with Gasteiger partial charge in [0.05, 0.1) is 12.5 Å². The van der Waals surface area contributed by atoms with E-state index in [0.717, 1.165) is 44.5 Å². The van der Waals surface area contributed by atoms with Crippen LogP contribution in [0.2, 0.25) is 0 Å². The van der Waals surface area contributed by atoms with E-state index in [0.29, 0.717) is 26.0 Å². The second-order valence-electron chi connectivity index (χ2n) is 7.30. The fourth-order valence-corrected chi connectivity index (χ4v) is 3.41. The van der Waals surface area contributed by atoms with Crippen molar-refractivity contribution in [3.8, 4) is 5.75 Å². The van der Waals surface area contributed by atoms with E-state index in [1.165, 1.54) is 12.8 Å². The van der Waals surface area contributed by atoms with Crippen LogP contribution in [0.4, 0.5) is 0 Å². The molecule has 1 aromatic rings. The van der Waals surface area contributed by atoms with Crippen molar-refractivity contribution in [3.05, 3.63) is 30.3 Å². The fraction of sp³-hybridized carbons (Fsp3) is 0.636. The number of ether oxygens (including phenoxy) is 1. The molecule has 0 spiro atoms. The van der Waals surface area contributed by atoms with E-state index in [2.05, 4.69) is 12.2 Å². The molecule has 2 amide bonds. The summed E-state index contributed by atoms with van der Waals surface area (Å²) in [5, 5.41) is 3.04. The number of likely N-dealkylation sites (tertiary alicyclic amines) is 1. The zero-order valence-electron chi connectivity index (χ0n) is 16.6. The van der Waals surface area contributed by atoms with E-state index < -0.39 is 0 Å². The maximum Gasteiger partial charge on any atom is 0.224 e. The monoisotopic (exact) mass is 374 g/mol. The van der Waals surface area contributed by atoms with Gasteiger partial charge in [-0.1, -0.05) is 44.4 Å². The predicted molar refractivity (Wildman–Crippen MR) is 108 cm³/mol. The summed E-state index contributed by atoms with van der Waals surface area (Å²) in [5.74, 6) is 1.01. The van der Waals surface area contributed by atoms with Gasteiger partial charge in [-0.25, -0.2) is 0 Å². The first-order valence-electron chi connectivity index (χ1n) is 10.4. The largest absolute Gasteiger partial charge is 0.494 e. The van der Waals surface area contributed by atoms with Crippen LogP contribution in [0.3, 0.4) is 0 Å². The summed E-state index contributed by atoms with van der Waals surface area (Å²) in [7, 11) is 0. The molecule has 5 nitrogen and oxygen atoms in total. The minimum absolute atomic E-state index is 0.0607. The van der Waals surface area contributed by atoms with Crippen LogP contribution in [-0.4, -0.2) is 43.0 Å². The Bertz CT molecular complexity index is 562. The molecule has 1 heterocycles. The van der Waals surface area contributed by atoms with E-state index >= 15 is 0 Å². The van der Waals surface area contributed by atoms with Gasteiger partial charge < -0.3 is 15.0 Å². The number of benzene rings is 1. The normalized spacial score (nSPS) is 16.8. The molecular weight excluding hydrogens is 340 g/mol. The Morgan fingerprint density at radius 1 is 1.15 bits per heavy atom. The molecule has 1 unspecified atom stereocenters. The van der Waals surface area contributed by atoms with Gasteiger partial charge in [-0.3, -0.25) is 9.59 Å². The number of amides is 2. The van der Waals surface area contributed by atoms with E-state index in [9.17, 15) is 9.59 Å². The van der Waals surface area contributed by atoms with Crippen molar-refractivity contribution in [1.29, 1.82) is 0 Å². The molecule has 0 aromatic heterocycles. The first-order valence-corrected chi connectivity index (χ1v) is 10.4. The summed E-state index contributed by atoms with van der Waals surface area (Å²) in [6, 6.07) is 9.65. The lowest BCUT2D eigenvalue weighted by molar-refractivity contribution is -0.135. The number of unbranched alkanes of at least 4 members (excludes halogenated alkanes) is 3. The lowest BCUT2D eigenvalue weighted by Gasteiger charge is -2.32. The van der Waals surface area contributed by atoms with Gasteiger partial charge in [0.1, 0.15) is 5.75 Å². The summed E-state index contributed by atoms with van der Waals surface area (Å²) in [6.45, 7) is 4.78.